The zero-order valence-electron chi connectivity index (χ0n) is 16.1. The van der Waals surface area contributed by atoms with Crippen LogP contribution in [0.3, 0.4) is 0 Å². The molecular formula is C21H27FN4O2. The van der Waals surface area contributed by atoms with Crippen molar-refractivity contribution >= 4 is 5.91 Å². The van der Waals surface area contributed by atoms with Gasteiger partial charge >= 0.3 is 0 Å². The predicted molar refractivity (Wildman–Crippen MR) is 104 cm³/mol. The van der Waals surface area contributed by atoms with E-state index in [1.165, 1.54) is 25.0 Å². The molecule has 0 saturated carbocycles. The summed E-state index contributed by atoms with van der Waals surface area (Å²) in [4.78, 5) is 17.0. The van der Waals surface area contributed by atoms with E-state index in [0.717, 1.165) is 43.9 Å². The van der Waals surface area contributed by atoms with Crippen LogP contribution in [0.4, 0.5) is 4.39 Å². The van der Waals surface area contributed by atoms with Gasteiger partial charge in [0.2, 0.25) is 5.91 Å². The number of nitrogens with one attached hydrogen (secondary N) is 1. The van der Waals surface area contributed by atoms with Crippen LogP contribution in [-0.4, -0.2) is 58.7 Å². The van der Waals surface area contributed by atoms with Gasteiger partial charge in [0, 0.05) is 24.7 Å². The van der Waals surface area contributed by atoms with Gasteiger partial charge in [-0.3, -0.25) is 14.8 Å². The van der Waals surface area contributed by atoms with E-state index in [4.69, 9.17) is 4.74 Å². The summed E-state index contributed by atoms with van der Waals surface area (Å²) in [6, 6.07) is 8.23. The molecule has 2 aromatic rings. The Morgan fingerprint density at radius 3 is 2.89 bits per heavy atom. The Kier molecular flexibility index (Phi) is 5.90. The van der Waals surface area contributed by atoms with Crippen LogP contribution in [0, 0.1) is 5.82 Å². The average molecular weight is 386 g/mol. The molecule has 150 valence electrons. The molecule has 0 spiro atoms. The molecule has 1 amide bonds. The van der Waals surface area contributed by atoms with E-state index >= 15 is 0 Å². The van der Waals surface area contributed by atoms with Crippen molar-refractivity contribution in [2.45, 2.75) is 38.1 Å². The Morgan fingerprint density at radius 1 is 1.21 bits per heavy atom. The Morgan fingerprint density at radius 2 is 2.07 bits per heavy atom. The van der Waals surface area contributed by atoms with Crippen molar-refractivity contribution in [2.24, 2.45) is 0 Å². The van der Waals surface area contributed by atoms with Crippen LogP contribution in [-0.2, 0) is 11.2 Å². The molecule has 4 rings (SSSR count). The molecule has 0 aliphatic carbocycles. The van der Waals surface area contributed by atoms with Crippen molar-refractivity contribution in [3.05, 3.63) is 47.5 Å². The first-order chi connectivity index (χ1) is 13.7. The monoisotopic (exact) mass is 386 g/mol. The van der Waals surface area contributed by atoms with Gasteiger partial charge in [-0.05, 0) is 57.0 Å². The van der Waals surface area contributed by atoms with E-state index in [2.05, 4.69) is 15.1 Å². The van der Waals surface area contributed by atoms with Crippen LogP contribution < -0.4 is 4.74 Å². The smallest absolute Gasteiger partial charge is 0.237 e. The number of halogens is 1. The molecule has 2 saturated heterocycles. The Balaban J connectivity index is 1.31. The highest BCUT2D eigenvalue weighted by Crippen LogP contribution is 2.31. The van der Waals surface area contributed by atoms with Crippen molar-refractivity contribution < 1.29 is 13.9 Å². The number of benzene rings is 1. The number of hydrogen-bond donors (Lipinski definition) is 1. The van der Waals surface area contributed by atoms with Gasteiger partial charge in [0.05, 0.1) is 24.9 Å². The first kappa shape index (κ1) is 18.9. The van der Waals surface area contributed by atoms with Crippen LogP contribution in [0.5, 0.6) is 5.75 Å². The summed E-state index contributed by atoms with van der Waals surface area (Å²) < 4.78 is 18.8. The van der Waals surface area contributed by atoms with E-state index in [0.29, 0.717) is 25.3 Å². The molecule has 2 fully saturated rings. The summed E-state index contributed by atoms with van der Waals surface area (Å²) in [6.07, 6.45) is 5.00. The zero-order valence-corrected chi connectivity index (χ0v) is 16.1. The summed E-state index contributed by atoms with van der Waals surface area (Å²) >= 11 is 0. The fraction of sp³-hybridized carbons (Fsp3) is 0.524. The average Bonchev–Trinajstić information content (AvgIpc) is 3.43. The number of H-pyrrole nitrogens is 1. The molecule has 3 heterocycles. The van der Waals surface area contributed by atoms with E-state index in [9.17, 15) is 9.18 Å². The van der Waals surface area contributed by atoms with Gasteiger partial charge < -0.3 is 9.64 Å². The first-order valence-electron chi connectivity index (χ1n) is 10.1. The number of aromatic amines is 1. The summed E-state index contributed by atoms with van der Waals surface area (Å²) in [6.45, 7) is 3.83. The second-order valence-electron chi connectivity index (χ2n) is 7.60. The molecule has 0 unspecified atom stereocenters. The third-order valence-electron chi connectivity index (χ3n) is 5.56. The normalized spacial score (nSPS) is 20.0. The highest BCUT2D eigenvalue weighted by Gasteiger charge is 2.32. The molecule has 2 aliphatic rings. The Bertz CT molecular complexity index is 803. The number of likely N-dealkylation sites (tertiary alicyclic amines) is 2. The van der Waals surface area contributed by atoms with Gasteiger partial charge in [-0.25, -0.2) is 4.39 Å². The highest BCUT2D eigenvalue weighted by molar-refractivity contribution is 5.79. The fourth-order valence-corrected chi connectivity index (χ4v) is 4.11. The second-order valence-corrected chi connectivity index (χ2v) is 7.60. The Labute approximate surface area is 164 Å². The molecule has 0 radical (unpaired) electrons. The van der Waals surface area contributed by atoms with Crippen molar-refractivity contribution in [3.8, 4) is 5.75 Å². The van der Waals surface area contributed by atoms with Gasteiger partial charge in [0.15, 0.2) is 0 Å². The quantitative estimate of drug-likeness (QED) is 0.795. The number of aromatic nitrogens is 2. The van der Waals surface area contributed by atoms with Gasteiger partial charge in [-0.15, -0.1) is 0 Å². The minimum absolute atomic E-state index is 0.0595. The van der Waals surface area contributed by atoms with E-state index in [1.807, 2.05) is 11.0 Å². The minimum atomic E-state index is -0.304. The van der Waals surface area contributed by atoms with Crippen LogP contribution >= 0.6 is 0 Å². The largest absolute Gasteiger partial charge is 0.493 e. The van der Waals surface area contributed by atoms with Gasteiger partial charge in [0.25, 0.3) is 0 Å². The number of ether oxygens (including phenoxy) is 1. The molecule has 6 nitrogen and oxygen atoms in total. The summed E-state index contributed by atoms with van der Waals surface area (Å²) in [7, 11) is 0. The molecule has 7 heteroatoms. The molecule has 1 aromatic heterocycles. The number of hydrogen-bond acceptors (Lipinski definition) is 4. The standard InChI is InChI=1S/C21H27FN4O2/c22-16-5-3-6-18(13-16)28-12-8-17-14-19(24-23-17)20-7-4-11-26(20)21(27)15-25-9-1-2-10-25/h3,5-6,13-14,20H,1-2,4,7-12,15H2,(H,23,24)/t20-/m0/s1. The summed E-state index contributed by atoms with van der Waals surface area (Å²) in [5.41, 5.74) is 1.89. The molecular weight excluding hydrogens is 359 g/mol. The first-order valence-corrected chi connectivity index (χ1v) is 10.1. The molecule has 1 atom stereocenters. The third-order valence-corrected chi connectivity index (χ3v) is 5.56. The SMILES string of the molecule is O=C(CN1CCCC1)N1CCC[C@H]1c1cc(CCOc2cccc(F)c2)[nH]n1. The number of rotatable bonds is 7. The fourth-order valence-electron chi connectivity index (χ4n) is 4.11. The van der Waals surface area contributed by atoms with Gasteiger partial charge in [-0.2, -0.15) is 5.10 Å². The van der Waals surface area contributed by atoms with Crippen LogP contribution in [0.2, 0.25) is 0 Å². The lowest BCUT2D eigenvalue weighted by atomic mass is 10.1. The zero-order chi connectivity index (χ0) is 19.3. The topological polar surface area (TPSA) is 61.5 Å². The second kappa shape index (κ2) is 8.73. The number of amides is 1. The third kappa shape index (κ3) is 4.52. The van der Waals surface area contributed by atoms with Crippen LogP contribution in [0.1, 0.15) is 43.1 Å². The highest BCUT2D eigenvalue weighted by atomic mass is 19.1. The minimum Gasteiger partial charge on any atom is -0.493 e. The van der Waals surface area contributed by atoms with Crippen molar-refractivity contribution in [2.75, 3.05) is 32.8 Å². The summed E-state index contributed by atoms with van der Waals surface area (Å²) in [5, 5.41) is 7.51. The lowest BCUT2D eigenvalue weighted by Crippen LogP contribution is -2.39. The molecule has 2 aliphatic heterocycles. The summed E-state index contributed by atoms with van der Waals surface area (Å²) in [5.74, 6) is 0.429. The maximum absolute atomic E-state index is 13.2. The number of nitrogens with zero attached hydrogens (tertiary/aromatic N) is 3. The molecule has 1 aromatic carbocycles. The lowest BCUT2D eigenvalue weighted by molar-refractivity contribution is -0.133. The van der Waals surface area contributed by atoms with E-state index < -0.39 is 0 Å². The van der Waals surface area contributed by atoms with E-state index in [1.54, 1.807) is 12.1 Å². The maximum atomic E-state index is 13.2. The van der Waals surface area contributed by atoms with E-state index in [-0.39, 0.29) is 17.8 Å². The van der Waals surface area contributed by atoms with Gasteiger partial charge in [0.1, 0.15) is 11.6 Å². The van der Waals surface area contributed by atoms with Crippen molar-refractivity contribution in [1.29, 1.82) is 0 Å². The van der Waals surface area contributed by atoms with Crippen LogP contribution in [0.15, 0.2) is 30.3 Å². The number of carbonyl (C=O) groups is 1. The molecule has 1 N–H and O–H groups in total. The lowest BCUT2D eigenvalue weighted by Gasteiger charge is -2.25. The van der Waals surface area contributed by atoms with Crippen molar-refractivity contribution in [3.63, 3.8) is 0 Å². The molecule has 28 heavy (non-hydrogen) atoms. The van der Waals surface area contributed by atoms with Crippen LogP contribution in [0.25, 0.3) is 0 Å². The van der Waals surface area contributed by atoms with Gasteiger partial charge in [-0.1, -0.05) is 6.07 Å². The Hall–Kier alpha value is -2.41. The van der Waals surface area contributed by atoms with Crippen molar-refractivity contribution in [1.82, 2.24) is 20.0 Å². The number of carbonyl (C=O) groups excluding carboxylic acids is 1. The predicted octanol–water partition coefficient (Wildman–Crippen LogP) is 2.93. The maximum Gasteiger partial charge on any atom is 0.237 e. The molecule has 0 bridgehead atoms.